The van der Waals surface area contributed by atoms with Crippen LogP contribution in [-0.4, -0.2) is 0 Å². The summed E-state index contributed by atoms with van der Waals surface area (Å²) >= 11 is 1.59. The molecule has 59 heavy (non-hydrogen) atoms. The van der Waals surface area contributed by atoms with Gasteiger partial charge in [0.25, 0.3) is 0 Å². The van der Waals surface area contributed by atoms with Gasteiger partial charge in [-0.2, -0.15) is 0 Å². The second kappa shape index (κ2) is 19.6. The van der Waals surface area contributed by atoms with E-state index in [1.165, 1.54) is 11.1 Å². The van der Waals surface area contributed by atoms with Gasteiger partial charge in [-0.05, 0) is 133 Å². The van der Waals surface area contributed by atoms with Crippen LogP contribution in [0.4, 0.5) is 0 Å². The van der Waals surface area contributed by atoms with Gasteiger partial charge in [-0.1, -0.05) is 138 Å². The van der Waals surface area contributed by atoms with Crippen LogP contribution in [0.2, 0.25) is 0 Å². The van der Waals surface area contributed by atoms with Crippen molar-refractivity contribution in [3.05, 3.63) is 167 Å². The summed E-state index contributed by atoms with van der Waals surface area (Å²) in [5.74, 6) is 4.08. The largest absolute Gasteiger partial charge is 0.530 e. The molecule has 0 amide bonds. The number of hydrogen-bond acceptors (Lipinski definition) is 7. The molecule has 0 aromatic heterocycles. The topological polar surface area (TPSA) is 55.4 Å². The van der Waals surface area contributed by atoms with Crippen molar-refractivity contribution in [2.75, 3.05) is 0 Å². The SMILES string of the molecule is CCC(C)(C)c1ccc(OP(Oc2ccccc2C)Oc2ccccc2C)c(Sc2cc(C(C)(C)CC)ccc2OP(Oc2ccccc2C)Oc2ccccc2C)c1. The van der Waals surface area contributed by atoms with Gasteiger partial charge in [-0.15, -0.1) is 0 Å². The lowest BCUT2D eigenvalue weighted by molar-refractivity contribution is 0.382. The first-order valence-corrected chi connectivity index (χ1v) is 23.1. The van der Waals surface area contributed by atoms with Gasteiger partial charge >= 0.3 is 17.2 Å². The van der Waals surface area contributed by atoms with Crippen LogP contribution in [0.5, 0.6) is 34.5 Å². The first-order valence-electron chi connectivity index (χ1n) is 20.1. The maximum absolute atomic E-state index is 6.87. The molecule has 0 saturated carbocycles. The van der Waals surface area contributed by atoms with E-state index in [9.17, 15) is 0 Å². The minimum Gasteiger partial charge on any atom is -0.408 e. The zero-order chi connectivity index (χ0) is 42.2. The first kappa shape index (κ1) is 43.9. The molecule has 0 bridgehead atoms. The fourth-order valence-electron chi connectivity index (χ4n) is 5.92. The molecule has 0 fully saturated rings. The van der Waals surface area contributed by atoms with Gasteiger partial charge < -0.3 is 27.1 Å². The Morgan fingerprint density at radius 1 is 0.390 bits per heavy atom. The highest BCUT2D eigenvalue weighted by Crippen LogP contribution is 2.52. The minimum atomic E-state index is -1.95. The molecule has 0 heterocycles. The summed E-state index contributed by atoms with van der Waals surface area (Å²) < 4.78 is 40.0. The van der Waals surface area contributed by atoms with Crippen molar-refractivity contribution in [1.82, 2.24) is 0 Å². The Labute approximate surface area is 358 Å². The molecule has 0 unspecified atom stereocenters. The van der Waals surface area contributed by atoms with Crippen LogP contribution in [0.15, 0.2) is 143 Å². The smallest absolute Gasteiger partial charge is 0.408 e. The molecule has 0 atom stereocenters. The lowest BCUT2D eigenvalue weighted by Gasteiger charge is -2.27. The lowest BCUT2D eigenvalue weighted by atomic mass is 9.82. The maximum Gasteiger partial charge on any atom is 0.530 e. The Bertz CT molecular complexity index is 2090. The summed E-state index contributed by atoms with van der Waals surface area (Å²) in [5.41, 5.74) is 6.16. The molecule has 9 heteroatoms. The third kappa shape index (κ3) is 11.3. The quantitative estimate of drug-likeness (QED) is 0.0799. The van der Waals surface area contributed by atoms with Gasteiger partial charge in [0.05, 0.1) is 9.79 Å². The van der Waals surface area contributed by atoms with E-state index in [0.717, 1.165) is 44.9 Å². The van der Waals surface area contributed by atoms with Gasteiger partial charge in [0.1, 0.15) is 34.5 Å². The van der Waals surface area contributed by atoms with Crippen LogP contribution >= 0.6 is 29.0 Å². The minimum absolute atomic E-state index is 0.0870. The highest BCUT2D eigenvalue weighted by molar-refractivity contribution is 7.99. The van der Waals surface area contributed by atoms with Gasteiger partial charge in [0.15, 0.2) is 0 Å². The molecule has 6 aromatic rings. The Kier molecular flexibility index (Phi) is 14.6. The molecule has 0 aliphatic heterocycles. The average molecular weight is 847 g/mol. The third-order valence-corrected chi connectivity index (χ3v) is 14.0. The molecule has 6 rings (SSSR count). The Balaban J connectivity index is 1.45. The predicted molar refractivity (Wildman–Crippen MR) is 246 cm³/mol. The molecular formula is C50H56O6P2S. The molecule has 6 nitrogen and oxygen atoms in total. The molecule has 0 saturated heterocycles. The Morgan fingerprint density at radius 2 is 0.661 bits per heavy atom. The van der Waals surface area contributed by atoms with Crippen molar-refractivity contribution in [1.29, 1.82) is 0 Å². The summed E-state index contributed by atoms with van der Waals surface area (Å²) in [6, 6.07) is 44.5. The van der Waals surface area contributed by atoms with Crippen LogP contribution in [0, 0.1) is 27.7 Å². The van der Waals surface area contributed by atoms with Gasteiger partial charge in [0.2, 0.25) is 0 Å². The van der Waals surface area contributed by atoms with Crippen LogP contribution < -0.4 is 27.1 Å². The standard InChI is InChI=1S/C50H56O6P2S/c1-11-49(7,8)39-29-31-45(55-57(51-41-25-17-13-21-35(41)3)52-42-26-18-14-22-36(42)4)47(33-39)59-48-34-40(50(9,10)12-2)30-32-46(48)56-58(53-43-27-19-15-23-37(43)5)54-44-28-20-16-24-38(44)6/h13-34H,11-12H2,1-10H3. The Hall–Kier alpha value is -4.67. The molecule has 308 valence electrons. The van der Waals surface area contributed by atoms with Crippen molar-refractivity contribution in [2.24, 2.45) is 0 Å². The van der Waals surface area contributed by atoms with Crippen molar-refractivity contribution >= 4 is 29.0 Å². The molecule has 0 N–H and O–H groups in total. The van der Waals surface area contributed by atoms with Gasteiger partial charge in [-0.25, -0.2) is 0 Å². The average Bonchev–Trinajstić information content (AvgIpc) is 3.22. The third-order valence-electron chi connectivity index (χ3n) is 10.8. The summed E-state index contributed by atoms with van der Waals surface area (Å²) in [7, 11) is -3.90. The van der Waals surface area contributed by atoms with Crippen LogP contribution in [0.1, 0.15) is 87.8 Å². The highest BCUT2D eigenvalue weighted by Gasteiger charge is 2.29. The second-order valence-corrected chi connectivity index (χ2v) is 19.0. The van der Waals surface area contributed by atoms with Crippen molar-refractivity contribution in [2.45, 2.75) is 103 Å². The zero-order valence-corrected chi connectivity index (χ0v) is 38.5. The van der Waals surface area contributed by atoms with E-state index >= 15 is 0 Å². The number of hydrogen-bond donors (Lipinski definition) is 0. The second-order valence-electron chi connectivity index (χ2n) is 16.0. The molecule has 0 aliphatic carbocycles. The van der Waals surface area contributed by atoms with E-state index in [1.807, 2.05) is 137 Å². The van der Waals surface area contributed by atoms with E-state index in [2.05, 4.69) is 65.8 Å². The van der Waals surface area contributed by atoms with Gasteiger partial charge in [-0.3, -0.25) is 0 Å². The lowest BCUT2D eigenvalue weighted by Crippen LogP contribution is -2.16. The zero-order valence-electron chi connectivity index (χ0n) is 35.9. The predicted octanol–water partition coefficient (Wildman–Crippen LogP) is 16.0. The van der Waals surface area contributed by atoms with E-state index in [-0.39, 0.29) is 10.8 Å². The molecule has 0 aliphatic rings. The van der Waals surface area contributed by atoms with Gasteiger partial charge in [0, 0.05) is 0 Å². The first-order chi connectivity index (χ1) is 28.3. The van der Waals surface area contributed by atoms with Crippen molar-refractivity contribution < 1.29 is 27.1 Å². The summed E-state index contributed by atoms with van der Waals surface area (Å²) in [4.78, 5) is 1.80. The van der Waals surface area contributed by atoms with E-state index in [1.54, 1.807) is 11.8 Å². The maximum atomic E-state index is 6.87. The fraction of sp³-hybridized carbons (Fsp3) is 0.280. The van der Waals surface area contributed by atoms with Crippen molar-refractivity contribution in [3.8, 4) is 34.5 Å². The van der Waals surface area contributed by atoms with Crippen molar-refractivity contribution in [3.63, 3.8) is 0 Å². The molecule has 0 spiro atoms. The number of benzene rings is 6. The molecule has 6 aromatic carbocycles. The highest BCUT2D eigenvalue weighted by atomic mass is 32.2. The number of aryl methyl sites for hydroxylation is 4. The Morgan fingerprint density at radius 3 is 0.932 bits per heavy atom. The van der Waals surface area contributed by atoms with Crippen LogP contribution in [0.25, 0.3) is 0 Å². The normalized spacial score (nSPS) is 11.7. The van der Waals surface area contributed by atoms with E-state index in [4.69, 9.17) is 27.1 Å². The summed E-state index contributed by atoms with van der Waals surface area (Å²) in [6.07, 6.45) is 1.92. The number of para-hydroxylation sites is 4. The number of rotatable bonds is 18. The van der Waals surface area contributed by atoms with E-state index < -0.39 is 17.2 Å². The van der Waals surface area contributed by atoms with E-state index in [0.29, 0.717) is 34.5 Å². The molecular weight excluding hydrogens is 791 g/mol. The van der Waals surface area contributed by atoms with Crippen LogP contribution in [-0.2, 0) is 10.8 Å². The van der Waals surface area contributed by atoms with Crippen LogP contribution in [0.3, 0.4) is 0 Å². The summed E-state index contributed by atoms with van der Waals surface area (Å²) in [6.45, 7) is 21.6. The fourth-order valence-corrected chi connectivity index (χ4v) is 9.40. The monoisotopic (exact) mass is 846 g/mol. The molecule has 0 radical (unpaired) electrons. The summed E-state index contributed by atoms with van der Waals surface area (Å²) in [5, 5.41) is 0.